The van der Waals surface area contributed by atoms with Crippen molar-refractivity contribution in [1.82, 2.24) is 40.9 Å². The number of nitrogens with two attached hydrogens (primary N) is 1. The molecule has 0 aliphatic heterocycles. The topological polar surface area (TPSA) is 584 Å². The minimum absolute atomic E-state index is 0.0802. The van der Waals surface area contributed by atoms with Gasteiger partial charge in [0, 0.05) is 70.8 Å². The smallest absolute Gasteiger partial charge is 0.472 e. The van der Waals surface area contributed by atoms with Crippen LogP contribution in [0.3, 0.4) is 0 Å². The lowest BCUT2D eigenvalue weighted by molar-refractivity contribution is -0.160. The number of aliphatic carboxylic acids is 4. The minimum atomic E-state index is -4.85. The molecule has 0 saturated heterocycles. The standard InChI is InChI=1S/C59H86N9O30P/c1-3-5-7-12-58(91)95-37-45(98-59(92)13-8-6-4-2)38-97-99(93,94)96-23-22-61-46(75)24-47(76)62-26-40(70)17-21-53(82)68(36-57(89)90)32-49(78)64-28-42(72)16-20-51(80)66(34-55(85)86)30-44(74)11-9-10-43(73)29-65(33-54(83)84)50(79)19-15-41(71)27-63-48(77)31-67(35-56(87)88)52(81)18-14-39(69)25-60/h5-8,45H,3-4,9-38,60H2,1-2H3,(H,61,75)(H,62,76)(H,63,77)(H,64,78)(H,83,84)(H,85,86)(H,87,88)(H,89,90)(H,93,94)/b7-5-,8-6-. The Labute approximate surface area is 566 Å². The molecule has 0 aromatic carbocycles. The zero-order chi connectivity index (χ0) is 75.0. The fourth-order valence-electron chi connectivity index (χ4n) is 7.81. The summed E-state index contributed by atoms with van der Waals surface area (Å²) in [5.41, 5.74) is 5.19. The molecule has 39 nitrogen and oxygen atoms in total. The second-order valence-electron chi connectivity index (χ2n) is 21.3. The number of hydrogen-bond donors (Lipinski definition) is 10. The first-order valence-corrected chi connectivity index (χ1v) is 32.2. The van der Waals surface area contributed by atoms with Crippen LogP contribution in [0.1, 0.15) is 117 Å². The quantitative estimate of drug-likeness (QED) is 0.00927. The highest BCUT2D eigenvalue weighted by Gasteiger charge is 2.29. The van der Waals surface area contributed by atoms with Crippen molar-refractivity contribution in [2.24, 2.45) is 5.73 Å². The van der Waals surface area contributed by atoms with Crippen LogP contribution in [0.15, 0.2) is 24.3 Å². The van der Waals surface area contributed by atoms with Crippen LogP contribution in [0.5, 0.6) is 0 Å². The highest BCUT2D eigenvalue weighted by atomic mass is 31.2. The molecule has 0 rings (SSSR count). The number of carbonyl (C=O) groups is 20. The van der Waals surface area contributed by atoms with E-state index in [2.05, 4.69) is 21.3 Å². The first kappa shape index (κ1) is 89.2. The summed E-state index contributed by atoms with van der Waals surface area (Å²) in [7, 11) is -4.85. The summed E-state index contributed by atoms with van der Waals surface area (Å²) in [5.74, 6) is -19.8. The van der Waals surface area contributed by atoms with Gasteiger partial charge >= 0.3 is 43.6 Å². The molecule has 11 N–H and O–H groups in total. The second-order valence-corrected chi connectivity index (χ2v) is 22.7. The van der Waals surface area contributed by atoms with E-state index < -0.39 is 294 Å². The predicted molar refractivity (Wildman–Crippen MR) is 334 cm³/mol. The molecule has 0 aliphatic rings. The van der Waals surface area contributed by atoms with Gasteiger partial charge in [0.1, 0.15) is 58.1 Å². The molecule has 2 unspecified atom stereocenters. The molecule has 0 aromatic heterocycles. The fraction of sp³-hybridized carbons (Fsp3) is 0.593. The van der Waals surface area contributed by atoms with E-state index in [1.54, 1.807) is 18.2 Å². The van der Waals surface area contributed by atoms with Crippen molar-refractivity contribution in [3.63, 3.8) is 0 Å². The maximum absolute atomic E-state index is 13.0. The van der Waals surface area contributed by atoms with Crippen LogP contribution in [-0.2, 0) is 119 Å². The molecule has 0 bridgehead atoms. The molecular weight excluding hydrogens is 1350 g/mol. The van der Waals surface area contributed by atoms with Crippen molar-refractivity contribution >= 4 is 126 Å². The lowest BCUT2D eigenvalue weighted by Crippen LogP contribution is -2.44. The van der Waals surface area contributed by atoms with Crippen molar-refractivity contribution in [2.45, 2.75) is 123 Å². The van der Waals surface area contributed by atoms with E-state index in [1.807, 2.05) is 13.8 Å². The number of phosphoric acid groups is 1. The Morgan fingerprint density at radius 1 is 0.424 bits per heavy atom. The summed E-state index contributed by atoms with van der Waals surface area (Å²) in [6, 6.07) is 0. The van der Waals surface area contributed by atoms with Gasteiger partial charge in [-0.15, -0.1) is 0 Å². The summed E-state index contributed by atoms with van der Waals surface area (Å²) >= 11 is 0. The zero-order valence-electron chi connectivity index (χ0n) is 54.8. The molecule has 99 heavy (non-hydrogen) atoms. The van der Waals surface area contributed by atoms with E-state index in [0.717, 1.165) is 0 Å². The van der Waals surface area contributed by atoms with Gasteiger partial charge in [0.25, 0.3) is 0 Å². The van der Waals surface area contributed by atoms with Gasteiger partial charge in [-0.25, -0.2) is 4.57 Å². The molecule has 0 spiro atoms. The monoisotopic (exact) mass is 1430 g/mol. The first-order valence-electron chi connectivity index (χ1n) is 30.7. The molecule has 0 heterocycles. The Morgan fingerprint density at radius 2 is 0.788 bits per heavy atom. The number of ketones is 6. The van der Waals surface area contributed by atoms with Crippen LogP contribution >= 0.6 is 7.82 Å². The summed E-state index contributed by atoms with van der Waals surface area (Å²) < 4.78 is 32.5. The number of amides is 8. The van der Waals surface area contributed by atoms with E-state index in [0.29, 0.717) is 32.4 Å². The molecule has 0 aliphatic carbocycles. The van der Waals surface area contributed by atoms with Gasteiger partial charge in [0.05, 0.1) is 65.3 Å². The van der Waals surface area contributed by atoms with Crippen LogP contribution in [0.4, 0.5) is 0 Å². The van der Waals surface area contributed by atoms with Crippen molar-refractivity contribution < 1.29 is 144 Å². The third kappa shape index (κ3) is 46.9. The number of nitrogens with one attached hydrogen (secondary N) is 4. The Hall–Kier alpha value is -9.85. The Morgan fingerprint density at radius 3 is 1.17 bits per heavy atom. The van der Waals surface area contributed by atoms with Crippen LogP contribution in [-0.4, -0.2) is 274 Å². The zero-order valence-corrected chi connectivity index (χ0v) is 55.7. The van der Waals surface area contributed by atoms with Crippen LogP contribution in [0.2, 0.25) is 0 Å². The second kappa shape index (κ2) is 50.5. The number of carboxylic acid groups (broad SMARTS) is 4. The van der Waals surface area contributed by atoms with Gasteiger partial charge in [0.2, 0.25) is 47.3 Å². The minimum Gasteiger partial charge on any atom is -0.480 e. The van der Waals surface area contributed by atoms with Crippen molar-refractivity contribution in [3.8, 4) is 0 Å². The summed E-state index contributed by atoms with van der Waals surface area (Å²) in [4.78, 5) is 258. The van der Waals surface area contributed by atoms with Crippen molar-refractivity contribution in [1.29, 1.82) is 0 Å². The maximum Gasteiger partial charge on any atom is 0.472 e. The SMILES string of the molecule is CC/C=C\CC(=O)OCC(COP(=O)(O)OCCNC(=O)CC(=O)NCC(=O)CCC(=O)N(CC(=O)O)CC(=O)NCC(=O)CCC(=O)N(CC(=O)O)CC(=O)CCCC(=O)CN(CC(=O)O)C(=O)CCC(=O)CNC(=O)CN(CC(=O)O)C(=O)CCC(=O)CN)OC(=O)C/C=C\CC. The number of esters is 2. The molecule has 0 aromatic rings. The number of phosphoric ester groups is 1. The average Bonchev–Trinajstić information content (AvgIpc) is 0.966. The van der Waals surface area contributed by atoms with Gasteiger partial charge in [-0.1, -0.05) is 38.2 Å². The number of Topliss-reactive ketones (excluding diaryl/α,β-unsaturated/α-hetero) is 6. The number of nitrogens with zero attached hydrogens (tertiary/aromatic N) is 4. The van der Waals surface area contributed by atoms with Gasteiger partial charge < -0.3 is 81.4 Å². The molecule has 8 amide bonds. The van der Waals surface area contributed by atoms with Gasteiger partial charge in [0.15, 0.2) is 35.0 Å². The van der Waals surface area contributed by atoms with Crippen molar-refractivity contribution in [2.75, 3.05) is 105 Å². The Balaban J connectivity index is 5.06. The maximum atomic E-state index is 13.0. The van der Waals surface area contributed by atoms with Crippen LogP contribution in [0, 0.1) is 0 Å². The van der Waals surface area contributed by atoms with Gasteiger partial charge in [-0.3, -0.25) is 105 Å². The van der Waals surface area contributed by atoms with E-state index >= 15 is 0 Å². The molecule has 0 fully saturated rings. The molecule has 552 valence electrons. The predicted octanol–water partition coefficient (Wildman–Crippen LogP) is -3.54. The molecular formula is C59H86N9O30P. The number of carbonyl (C=O) groups excluding carboxylic acids is 16. The lowest BCUT2D eigenvalue weighted by atomic mass is 10.1. The summed E-state index contributed by atoms with van der Waals surface area (Å²) in [6.45, 7) is -8.48. The van der Waals surface area contributed by atoms with E-state index in [1.165, 1.54) is 6.08 Å². The normalized spacial score (nSPS) is 11.8. The van der Waals surface area contributed by atoms with Gasteiger partial charge in [-0.2, -0.15) is 0 Å². The highest BCUT2D eigenvalue weighted by molar-refractivity contribution is 7.47. The molecule has 2 atom stereocenters. The summed E-state index contributed by atoms with van der Waals surface area (Å²) in [6.07, 6.45) is -0.166. The summed E-state index contributed by atoms with van der Waals surface area (Å²) in [5, 5.41) is 45.8. The van der Waals surface area contributed by atoms with E-state index in [-0.39, 0.29) is 32.2 Å². The number of rotatable bonds is 57. The van der Waals surface area contributed by atoms with E-state index in [4.69, 9.17) is 29.4 Å². The Bertz CT molecular complexity index is 3010. The highest BCUT2D eigenvalue weighted by Crippen LogP contribution is 2.43. The molecule has 0 radical (unpaired) electrons. The number of hydrogen-bond acceptors (Lipinski definition) is 26. The third-order valence-corrected chi connectivity index (χ3v) is 13.7. The molecule has 0 saturated carbocycles. The van der Waals surface area contributed by atoms with Gasteiger partial charge in [-0.05, 0) is 19.3 Å². The fourth-order valence-corrected chi connectivity index (χ4v) is 8.56. The first-order chi connectivity index (χ1) is 46.6. The third-order valence-electron chi connectivity index (χ3n) is 12.7. The molecule has 40 heteroatoms. The lowest BCUT2D eigenvalue weighted by Gasteiger charge is -2.21. The Kier molecular flexibility index (Phi) is 45.5. The van der Waals surface area contributed by atoms with Crippen molar-refractivity contribution in [3.05, 3.63) is 24.3 Å². The largest absolute Gasteiger partial charge is 0.480 e. The number of carboxylic acids is 4. The number of ether oxygens (including phenoxy) is 2. The number of allylic oxidation sites excluding steroid dienone is 2. The van der Waals surface area contributed by atoms with E-state index in [9.17, 15) is 121 Å². The average molecular weight is 1430 g/mol. The van der Waals surface area contributed by atoms with Crippen LogP contribution in [0.25, 0.3) is 0 Å². The van der Waals surface area contributed by atoms with Crippen LogP contribution < -0.4 is 27.0 Å².